The molecule has 1 aromatic heterocycles. The molecule has 1 saturated heterocycles. The van der Waals surface area contributed by atoms with Crippen LogP contribution >= 0.6 is 0 Å². The zero-order valence-electron chi connectivity index (χ0n) is 13.0. The standard InChI is InChI=1S/C17H20N2O3/c1-11(20)9-13-10-18-16-14(12-5-7-22-8-6-12)3-4-15(21-2)17(16)19-13/h3-4,10,12H,5-9H2,1-2H3. The lowest BCUT2D eigenvalue weighted by Gasteiger charge is -2.23. The van der Waals surface area contributed by atoms with Gasteiger partial charge in [-0.25, -0.2) is 4.98 Å². The maximum Gasteiger partial charge on any atom is 0.146 e. The Bertz CT molecular complexity index is 694. The molecule has 0 spiro atoms. The van der Waals surface area contributed by atoms with Gasteiger partial charge in [0, 0.05) is 25.8 Å². The number of rotatable bonds is 4. The number of hydrogen-bond donors (Lipinski definition) is 0. The average molecular weight is 300 g/mol. The van der Waals surface area contributed by atoms with Gasteiger partial charge in [0.15, 0.2) is 0 Å². The molecule has 0 N–H and O–H groups in total. The van der Waals surface area contributed by atoms with Crippen LogP contribution in [-0.4, -0.2) is 36.1 Å². The van der Waals surface area contributed by atoms with Gasteiger partial charge in [-0.1, -0.05) is 6.07 Å². The highest BCUT2D eigenvalue weighted by Crippen LogP contribution is 2.34. The summed E-state index contributed by atoms with van der Waals surface area (Å²) in [5.41, 5.74) is 3.49. The van der Waals surface area contributed by atoms with E-state index in [1.165, 1.54) is 5.56 Å². The lowest BCUT2D eigenvalue weighted by molar-refractivity contribution is -0.116. The smallest absolute Gasteiger partial charge is 0.146 e. The normalized spacial score (nSPS) is 15.9. The molecule has 0 bridgehead atoms. The fraction of sp³-hybridized carbons (Fsp3) is 0.471. The van der Waals surface area contributed by atoms with E-state index in [-0.39, 0.29) is 5.78 Å². The second kappa shape index (κ2) is 6.40. The fourth-order valence-electron chi connectivity index (χ4n) is 2.97. The Morgan fingerprint density at radius 2 is 2.09 bits per heavy atom. The third kappa shape index (κ3) is 2.95. The second-order valence-corrected chi connectivity index (χ2v) is 5.68. The van der Waals surface area contributed by atoms with Gasteiger partial charge in [-0.2, -0.15) is 0 Å². The van der Waals surface area contributed by atoms with E-state index in [4.69, 9.17) is 9.47 Å². The molecule has 0 radical (unpaired) electrons. The zero-order valence-corrected chi connectivity index (χ0v) is 13.0. The van der Waals surface area contributed by atoms with Crippen molar-refractivity contribution in [3.63, 3.8) is 0 Å². The number of aromatic nitrogens is 2. The van der Waals surface area contributed by atoms with Crippen molar-refractivity contribution in [2.75, 3.05) is 20.3 Å². The summed E-state index contributed by atoms with van der Waals surface area (Å²) in [5, 5.41) is 0. The van der Waals surface area contributed by atoms with Crippen molar-refractivity contribution in [1.29, 1.82) is 0 Å². The summed E-state index contributed by atoms with van der Waals surface area (Å²) in [6.07, 6.45) is 4.00. The summed E-state index contributed by atoms with van der Waals surface area (Å²) in [7, 11) is 1.63. The zero-order chi connectivity index (χ0) is 15.5. The number of Topliss-reactive ketones (excluding diaryl/α,β-unsaturated/α-hetero) is 1. The summed E-state index contributed by atoms with van der Waals surface area (Å²) in [6, 6.07) is 4.02. The monoisotopic (exact) mass is 300 g/mol. The second-order valence-electron chi connectivity index (χ2n) is 5.68. The van der Waals surface area contributed by atoms with E-state index in [0.717, 1.165) is 37.1 Å². The third-order valence-corrected chi connectivity index (χ3v) is 4.05. The minimum atomic E-state index is 0.0770. The van der Waals surface area contributed by atoms with Crippen molar-refractivity contribution in [1.82, 2.24) is 9.97 Å². The molecule has 0 unspecified atom stereocenters. The quantitative estimate of drug-likeness (QED) is 0.868. The predicted molar refractivity (Wildman–Crippen MR) is 83.3 cm³/mol. The van der Waals surface area contributed by atoms with Crippen molar-refractivity contribution >= 4 is 16.8 Å². The van der Waals surface area contributed by atoms with Crippen LogP contribution in [0.5, 0.6) is 5.75 Å². The van der Waals surface area contributed by atoms with Crippen LogP contribution in [0.4, 0.5) is 0 Å². The number of hydrogen-bond acceptors (Lipinski definition) is 5. The van der Waals surface area contributed by atoms with Gasteiger partial charge in [-0.05, 0) is 37.3 Å². The fourth-order valence-corrected chi connectivity index (χ4v) is 2.97. The largest absolute Gasteiger partial charge is 0.494 e. The van der Waals surface area contributed by atoms with Gasteiger partial charge in [0.2, 0.25) is 0 Å². The molecule has 5 heteroatoms. The van der Waals surface area contributed by atoms with Crippen LogP contribution < -0.4 is 4.74 Å². The Kier molecular flexibility index (Phi) is 4.34. The van der Waals surface area contributed by atoms with E-state index in [2.05, 4.69) is 16.0 Å². The first-order chi connectivity index (χ1) is 10.7. The number of methoxy groups -OCH3 is 1. The van der Waals surface area contributed by atoms with Crippen molar-refractivity contribution in [3.8, 4) is 5.75 Å². The highest BCUT2D eigenvalue weighted by atomic mass is 16.5. The Morgan fingerprint density at radius 3 is 2.77 bits per heavy atom. The Labute approximate surface area is 129 Å². The molecule has 1 aromatic carbocycles. The van der Waals surface area contributed by atoms with Crippen LogP contribution in [0, 0.1) is 0 Å². The molecule has 1 aliphatic rings. The molecule has 1 fully saturated rings. The van der Waals surface area contributed by atoms with E-state index in [1.807, 2.05) is 6.07 Å². The van der Waals surface area contributed by atoms with E-state index in [9.17, 15) is 4.79 Å². The molecule has 2 aromatic rings. The van der Waals surface area contributed by atoms with Crippen molar-refractivity contribution in [3.05, 3.63) is 29.6 Å². The minimum absolute atomic E-state index is 0.0770. The summed E-state index contributed by atoms with van der Waals surface area (Å²) in [6.45, 7) is 3.13. The molecule has 3 rings (SSSR count). The van der Waals surface area contributed by atoms with Gasteiger partial charge < -0.3 is 9.47 Å². The van der Waals surface area contributed by atoms with E-state index < -0.39 is 0 Å². The topological polar surface area (TPSA) is 61.3 Å². The summed E-state index contributed by atoms with van der Waals surface area (Å²) >= 11 is 0. The lowest BCUT2D eigenvalue weighted by atomic mass is 9.90. The molecule has 0 saturated carbocycles. The maximum absolute atomic E-state index is 11.3. The van der Waals surface area contributed by atoms with Crippen LogP contribution in [-0.2, 0) is 16.0 Å². The van der Waals surface area contributed by atoms with Crippen molar-refractivity contribution < 1.29 is 14.3 Å². The number of nitrogens with zero attached hydrogens (tertiary/aromatic N) is 2. The molecular weight excluding hydrogens is 280 g/mol. The highest BCUT2D eigenvalue weighted by Gasteiger charge is 2.21. The SMILES string of the molecule is COc1ccc(C2CCOCC2)c2ncc(CC(C)=O)nc12. The van der Waals surface area contributed by atoms with Crippen LogP contribution in [0.2, 0.25) is 0 Å². The summed E-state index contributed by atoms with van der Waals surface area (Å²) in [4.78, 5) is 20.5. The maximum atomic E-state index is 11.3. The number of ether oxygens (including phenoxy) is 2. The van der Waals surface area contributed by atoms with Gasteiger partial charge in [0.25, 0.3) is 0 Å². The Morgan fingerprint density at radius 1 is 1.32 bits per heavy atom. The van der Waals surface area contributed by atoms with Gasteiger partial charge >= 0.3 is 0 Å². The third-order valence-electron chi connectivity index (χ3n) is 4.05. The Hall–Kier alpha value is -2.01. The number of fused-ring (bicyclic) bond motifs is 1. The molecule has 1 aliphatic heterocycles. The van der Waals surface area contributed by atoms with Crippen LogP contribution in [0.1, 0.15) is 36.9 Å². The molecular formula is C17H20N2O3. The van der Waals surface area contributed by atoms with E-state index in [0.29, 0.717) is 23.8 Å². The molecule has 0 amide bonds. The van der Waals surface area contributed by atoms with Gasteiger partial charge in [0.1, 0.15) is 17.0 Å². The molecule has 2 heterocycles. The Balaban J connectivity index is 2.08. The molecule has 0 aliphatic carbocycles. The number of carbonyl (C=O) groups is 1. The summed E-state index contributed by atoms with van der Waals surface area (Å²) in [5.74, 6) is 1.21. The highest BCUT2D eigenvalue weighted by molar-refractivity contribution is 5.85. The van der Waals surface area contributed by atoms with Crippen molar-refractivity contribution in [2.45, 2.75) is 32.1 Å². The van der Waals surface area contributed by atoms with Crippen LogP contribution in [0.3, 0.4) is 0 Å². The molecule has 5 nitrogen and oxygen atoms in total. The van der Waals surface area contributed by atoms with Crippen LogP contribution in [0.25, 0.3) is 11.0 Å². The molecule has 0 atom stereocenters. The average Bonchev–Trinajstić information content (AvgIpc) is 2.54. The predicted octanol–water partition coefficient (Wildman–Crippen LogP) is 2.66. The van der Waals surface area contributed by atoms with Gasteiger partial charge in [0.05, 0.1) is 18.3 Å². The first kappa shape index (κ1) is 14.9. The first-order valence-electron chi connectivity index (χ1n) is 7.58. The van der Waals surface area contributed by atoms with Gasteiger partial charge in [-0.15, -0.1) is 0 Å². The number of ketones is 1. The molecule has 22 heavy (non-hydrogen) atoms. The van der Waals surface area contributed by atoms with Gasteiger partial charge in [-0.3, -0.25) is 9.78 Å². The van der Waals surface area contributed by atoms with Crippen molar-refractivity contribution in [2.24, 2.45) is 0 Å². The minimum Gasteiger partial charge on any atom is -0.494 e. The number of benzene rings is 1. The molecule has 116 valence electrons. The van der Waals surface area contributed by atoms with E-state index >= 15 is 0 Å². The number of carbonyl (C=O) groups excluding carboxylic acids is 1. The lowest BCUT2D eigenvalue weighted by Crippen LogP contribution is -2.15. The van der Waals surface area contributed by atoms with E-state index in [1.54, 1.807) is 20.2 Å². The van der Waals surface area contributed by atoms with Crippen LogP contribution in [0.15, 0.2) is 18.3 Å². The first-order valence-corrected chi connectivity index (χ1v) is 7.58. The summed E-state index contributed by atoms with van der Waals surface area (Å²) < 4.78 is 10.9.